The highest BCUT2D eigenvalue weighted by Crippen LogP contribution is 2.53. The summed E-state index contributed by atoms with van der Waals surface area (Å²) in [6.07, 6.45) is 4.31. The van der Waals surface area contributed by atoms with Gasteiger partial charge in [-0.05, 0) is 45.7 Å². The maximum Gasteiger partial charge on any atom is 0.0710 e. The normalized spacial score (nSPS) is 23.6. The smallest absolute Gasteiger partial charge is 0.0710 e. The molecule has 0 bridgehead atoms. The van der Waals surface area contributed by atoms with Crippen LogP contribution in [0.1, 0.15) is 39.2 Å². The second-order valence-corrected chi connectivity index (χ2v) is 7.78. The van der Waals surface area contributed by atoms with Gasteiger partial charge in [-0.25, -0.2) is 0 Å². The Morgan fingerprint density at radius 2 is 1.86 bits per heavy atom. The van der Waals surface area contributed by atoms with Crippen molar-refractivity contribution >= 4 is 23.3 Å². The third kappa shape index (κ3) is 2.65. The minimum atomic E-state index is -0.145. The summed E-state index contributed by atoms with van der Waals surface area (Å²) in [6.45, 7) is 8.01. The van der Waals surface area contributed by atoms with Crippen LogP contribution in [-0.2, 0) is 0 Å². The Hall–Kier alpha value is -1.75. The predicted molar refractivity (Wildman–Crippen MR) is 94.5 cm³/mol. The first-order chi connectivity index (χ1) is 10.2. The van der Waals surface area contributed by atoms with Crippen molar-refractivity contribution in [2.24, 2.45) is 16.1 Å². The number of nitrogens with zero attached hydrogens (tertiary/aromatic N) is 2. The van der Waals surface area contributed by atoms with Gasteiger partial charge < -0.3 is 22.1 Å². The summed E-state index contributed by atoms with van der Waals surface area (Å²) < 4.78 is 0. The quantitative estimate of drug-likeness (QED) is 0.575. The Morgan fingerprint density at radius 1 is 1.23 bits per heavy atom. The number of nitrogens with two attached hydrogens (primary N) is 3. The highest BCUT2D eigenvalue weighted by Gasteiger charge is 2.53. The van der Waals surface area contributed by atoms with Crippen molar-refractivity contribution in [2.45, 2.75) is 45.2 Å². The van der Waals surface area contributed by atoms with Crippen LogP contribution in [0, 0.1) is 5.41 Å². The lowest BCUT2D eigenvalue weighted by Crippen LogP contribution is -2.30. The molecule has 3 rings (SSSR count). The molecule has 0 aromatic heterocycles. The van der Waals surface area contributed by atoms with Crippen LogP contribution in [-0.4, -0.2) is 30.9 Å². The van der Waals surface area contributed by atoms with E-state index < -0.39 is 0 Å². The maximum atomic E-state index is 6.34. The van der Waals surface area contributed by atoms with Crippen molar-refractivity contribution in [1.29, 1.82) is 0 Å². The summed E-state index contributed by atoms with van der Waals surface area (Å²) in [4.78, 5) is 6.91. The molecule has 1 aromatic rings. The zero-order valence-corrected chi connectivity index (χ0v) is 13.8. The van der Waals surface area contributed by atoms with Crippen molar-refractivity contribution in [3.05, 3.63) is 17.7 Å². The SMILES string of the molecule is CC(C)(C)N=Cc1c(N)ccc(N)c1N1CC(N)C2(CC2)C1. The van der Waals surface area contributed by atoms with E-state index in [2.05, 4.69) is 30.7 Å². The molecule has 0 amide bonds. The van der Waals surface area contributed by atoms with Crippen molar-refractivity contribution in [3.63, 3.8) is 0 Å². The van der Waals surface area contributed by atoms with E-state index in [4.69, 9.17) is 17.2 Å². The van der Waals surface area contributed by atoms with Crippen molar-refractivity contribution in [3.8, 4) is 0 Å². The number of hydrogen-bond acceptors (Lipinski definition) is 5. The number of benzene rings is 1. The lowest BCUT2D eigenvalue weighted by Gasteiger charge is -2.24. The molecule has 5 nitrogen and oxygen atoms in total. The van der Waals surface area contributed by atoms with Crippen LogP contribution in [0.25, 0.3) is 0 Å². The molecule has 5 heteroatoms. The second-order valence-electron chi connectivity index (χ2n) is 7.78. The minimum absolute atomic E-state index is 0.145. The largest absolute Gasteiger partial charge is 0.398 e. The van der Waals surface area contributed by atoms with E-state index in [9.17, 15) is 0 Å². The summed E-state index contributed by atoms with van der Waals surface area (Å²) in [5.41, 5.74) is 22.3. The van der Waals surface area contributed by atoms with Gasteiger partial charge in [0.2, 0.25) is 0 Å². The predicted octanol–water partition coefficient (Wildman–Crippen LogP) is 2.00. The van der Waals surface area contributed by atoms with Crippen LogP contribution in [0.15, 0.2) is 17.1 Å². The highest BCUT2D eigenvalue weighted by molar-refractivity contribution is 5.99. The summed E-state index contributed by atoms with van der Waals surface area (Å²) in [5, 5.41) is 0. The summed E-state index contributed by atoms with van der Waals surface area (Å²) >= 11 is 0. The molecule has 22 heavy (non-hydrogen) atoms. The third-order valence-corrected chi connectivity index (χ3v) is 4.78. The average molecular weight is 301 g/mol. The fourth-order valence-electron chi connectivity index (χ4n) is 3.24. The monoisotopic (exact) mass is 301 g/mol. The fourth-order valence-corrected chi connectivity index (χ4v) is 3.24. The number of anilines is 3. The molecular formula is C17H27N5. The van der Waals surface area contributed by atoms with Gasteiger partial charge in [-0.15, -0.1) is 0 Å². The van der Waals surface area contributed by atoms with Crippen LogP contribution in [0.2, 0.25) is 0 Å². The first kappa shape index (κ1) is 15.2. The number of rotatable bonds is 2. The van der Waals surface area contributed by atoms with Crippen molar-refractivity contribution in [1.82, 2.24) is 0 Å². The minimum Gasteiger partial charge on any atom is -0.398 e. The van der Waals surface area contributed by atoms with Crippen molar-refractivity contribution in [2.75, 3.05) is 29.5 Å². The van der Waals surface area contributed by atoms with Gasteiger partial charge in [0, 0.05) is 42.0 Å². The van der Waals surface area contributed by atoms with Gasteiger partial charge in [0.15, 0.2) is 0 Å². The lowest BCUT2D eigenvalue weighted by molar-refractivity contribution is 0.500. The van der Waals surface area contributed by atoms with Crippen LogP contribution in [0.4, 0.5) is 17.1 Å². The van der Waals surface area contributed by atoms with E-state index in [0.29, 0.717) is 11.1 Å². The first-order valence-electron chi connectivity index (χ1n) is 7.96. The molecule has 1 saturated carbocycles. The first-order valence-corrected chi connectivity index (χ1v) is 7.96. The van der Waals surface area contributed by atoms with Crippen LogP contribution in [0.3, 0.4) is 0 Å². The molecule has 6 N–H and O–H groups in total. The molecule has 2 fully saturated rings. The Morgan fingerprint density at radius 3 is 2.41 bits per heavy atom. The molecule has 1 aliphatic heterocycles. The Bertz CT molecular complexity index is 610. The van der Waals surface area contributed by atoms with Crippen LogP contribution < -0.4 is 22.1 Å². The number of nitrogen functional groups attached to an aromatic ring is 2. The summed E-state index contributed by atoms with van der Waals surface area (Å²) in [5.74, 6) is 0. The zero-order chi connectivity index (χ0) is 16.1. The molecule has 120 valence electrons. The molecule has 0 radical (unpaired) electrons. The summed E-state index contributed by atoms with van der Waals surface area (Å²) in [6, 6.07) is 3.95. The van der Waals surface area contributed by atoms with Crippen molar-refractivity contribution < 1.29 is 0 Å². The van der Waals surface area contributed by atoms with E-state index in [1.807, 2.05) is 18.3 Å². The molecule has 1 aromatic carbocycles. The summed E-state index contributed by atoms with van der Waals surface area (Å²) in [7, 11) is 0. The van der Waals surface area contributed by atoms with Gasteiger partial charge in [0.25, 0.3) is 0 Å². The van der Waals surface area contributed by atoms with Gasteiger partial charge in [-0.1, -0.05) is 0 Å². The molecule has 2 aliphatic rings. The number of hydrogen-bond donors (Lipinski definition) is 3. The molecule has 1 atom stereocenters. The molecule has 1 heterocycles. The number of aliphatic imine (C=N–C) groups is 1. The molecule has 1 aliphatic carbocycles. The standard InChI is InChI=1S/C17H27N5/c1-16(2,3)21-8-11-12(18)4-5-13(19)15(11)22-9-14(20)17(10-22)6-7-17/h4-5,8,14H,6-7,9-10,18-20H2,1-3H3. The third-order valence-electron chi connectivity index (χ3n) is 4.78. The van der Waals surface area contributed by atoms with Gasteiger partial charge in [-0.2, -0.15) is 0 Å². The molecular weight excluding hydrogens is 274 g/mol. The van der Waals surface area contributed by atoms with E-state index in [1.54, 1.807) is 0 Å². The Kier molecular flexibility index (Phi) is 3.36. The van der Waals surface area contributed by atoms with E-state index in [1.165, 1.54) is 12.8 Å². The lowest BCUT2D eigenvalue weighted by atomic mass is 10.0. The zero-order valence-electron chi connectivity index (χ0n) is 13.8. The fraction of sp³-hybridized carbons (Fsp3) is 0.588. The van der Waals surface area contributed by atoms with Gasteiger partial charge >= 0.3 is 0 Å². The van der Waals surface area contributed by atoms with E-state index in [-0.39, 0.29) is 11.6 Å². The maximum absolute atomic E-state index is 6.34. The van der Waals surface area contributed by atoms with E-state index in [0.717, 1.165) is 30.0 Å². The molecule has 1 spiro atoms. The van der Waals surface area contributed by atoms with Gasteiger partial charge in [0.1, 0.15) is 0 Å². The van der Waals surface area contributed by atoms with Gasteiger partial charge in [0.05, 0.1) is 16.9 Å². The van der Waals surface area contributed by atoms with Crippen LogP contribution >= 0.6 is 0 Å². The van der Waals surface area contributed by atoms with Crippen LogP contribution in [0.5, 0.6) is 0 Å². The topological polar surface area (TPSA) is 93.7 Å². The Balaban J connectivity index is 2.00. The highest BCUT2D eigenvalue weighted by atomic mass is 15.2. The van der Waals surface area contributed by atoms with Gasteiger partial charge in [-0.3, -0.25) is 4.99 Å². The average Bonchev–Trinajstić information content (AvgIpc) is 3.11. The Labute approximate surface area is 132 Å². The molecule has 1 saturated heterocycles. The second kappa shape index (κ2) is 4.88. The van der Waals surface area contributed by atoms with E-state index >= 15 is 0 Å². The molecule has 1 unspecified atom stereocenters.